The van der Waals surface area contributed by atoms with Gasteiger partial charge in [-0.2, -0.15) is 15.0 Å². The predicted octanol–water partition coefficient (Wildman–Crippen LogP) is 5.74. The van der Waals surface area contributed by atoms with Gasteiger partial charge >= 0.3 is 6.01 Å². The summed E-state index contributed by atoms with van der Waals surface area (Å²) in [5, 5.41) is 9.01. The molecule has 7 nitrogen and oxygen atoms in total. The van der Waals surface area contributed by atoms with Crippen LogP contribution in [0.15, 0.2) is 0 Å². The summed E-state index contributed by atoms with van der Waals surface area (Å²) >= 11 is 27.9. The molecule has 156 valence electrons. The third kappa shape index (κ3) is 5.94. The van der Waals surface area contributed by atoms with Crippen LogP contribution in [0.2, 0.25) is 25.1 Å². The summed E-state index contributed by atoms with van der Waals surface area (Å²) in [5.74, 6) is 0.361. The van der Waals surface area contributed by atoms with Gasteiger partial charge in [0, 0.05) is 12.1 Å². The number of nitrogens with zero attached hydrogens (tertiary/aromatic N) is 4. The smallest absolute Gasteiger partial charge is 0.322 e. The van der Waals surface area contributed by atoms with Crippen molar-refractivity contribution in [1.82, 2.24) is 15.0 Å². The van der Waals surface area contributed by atoms with Gasteiger partial charge in [-0.1, -0.05) is 58.0 Å². The lowest BCUT2D eigenvalue weighted by Gasteiger charge is -2.30. The van der Waals surface area contributed by atoms with Crippen LogP contribution in [0.1, 0.15) is 27.7 Å². The van der Waals surface area contributed by atoms with Crippen LogP contribution in [0.4, 0.5) is 11.9 Å². The number of phenolic OH excluding ortho intramolecular Hbond substituents is 1. The Morgan fingerprint density at radius 1 is 0.821 bits per heavy atom. The largest absolute Gasteiger partial charge is 0.505 e. The standard InChI is InChI=1S/C10H19N5O.C6HCl5O/c1-6(2)15(7(3)4)9-12-8(11)13-10(14-9)16-5;7-1-2(8)4(10)6(12)5(11)3(1)9/h6-7H,1-5H3,(H2,11,12,13,14);12H. The molecule has 12 heteroatoms. The summed E-state index contributed by atoms with van der Waals surface area (Å²) in [6.45, 7) is 8.30. The van der Waals surface area contributed by atoms with Gasteiger partial charge in [0.2, 0.25) is 11.9 Å². The van der Waals surface area contributed by atoms with Gasteiger partial charge in [0.25, 0.3) is 0 Å². The lowest BCUT2D eigenvalue weighted by atomic mass is 10.2. The second-order valence-corrected chi connectivity index (χ2v) is 7.88. The Kier molecular flexibility index (Phi) is 9.43. The molecule has 0 aliphatic rings. The van der Waals surface area contributed by atoms with Crippen molar-refractivity contribution in [2.75, 3.05) is 17.7 Å². The molecule has 3 N–H and O–H groups in total. The van der Waals surface area contributed by atoms with Crippen LogP contribution in [0.3, 0.4) is 0 Å². The Balaban J connectivity index is 0.000000292. The number of halogens is 5. The maximum absolute atomic E-state index is 9.20. The van der Waals surface area contributed by atoms with Gasteiger partial charge in [-0.3, -0.25) is 0 Å². The fourth-order valence-corrected chi connectivity index (χ4v) is 3.35. The van der Waals surface area contributed by atoms with E-state index < -0.39 is 0 Å². The van der Waals surface area contributed by atoms with Crippen LogP contribution in [0.5, 0.6) is 11.8 Å². The molecule has 2 aromatic rings. The number of hydrogen-bond donors (Lipinski definition) is 2. The molecular weight excluding hydrogens is 471 g/mol. The van der Waals surface area contributed by atoms with E-state index in [0.717, 1.165) is 0 Å². The van der Waals surface area contributed by atoms with Crippen LogP contribution >= 0.6 is 58.0 Å². The first-order chi connectivity index (χ1) is 12.9. The molecule has 2 rings (SSSR count). The van der Waals surface area contributed by atoms with Crippen molar-refractivity contribution in [3.05, 3.63) is 25.1 Å². The zero-order valence-electron chi connectivity index (χ0n) is 15.8. The van der Waals surface area contributed by atoms with Crippen LogP contribution in [0.25, 0.3) is 0 Å². The first kappa shape index (κ1) is 24.9. The van der Waals surface area contributed by atoms with Crippen LogP contribution in [-0.4, -0.2) is 39.3 Å². The highest BCUT2D eigenvalue weighted by atomic mass is 35.5. The second kappa shape index (κ2) is 10.6. The van der Waals surface area contributed by atoms with Crippen molar-refractivity contribution < 1.29 is 9.84 Å². The average Bonchev–Trinajstić information content (AvgIpc) is 2.62. The topological polar surface area (TPSA) is 97.4 Å². The molecule has 1 aromatic carbocycles. The molecule has 0 bridgehead atoms. The number of anilines is 2. The van der Waals surface area contributed by atoms with Crippen LogP contribution in [-0.2, 0) is 0 Å². The number of benzene rings is 1. The maximum atomic E-state index is 9.20. The zero-order valence-corrected chi connectivity index (χ0v) is 19.5. The summed E-state index contributed by atoms with van der Waals surface area (Å²) < 4.78 is 4.98. The van der Waals surface area contributed by atoms with E-state index in [1.54, 1.807) is 0 Å². The minimum atomic E-state index is -0.363. The predicted molar refractivity (Wildman–Crippen MR) is 117 cm³/mol. The number of nitrogen functional groups attached to an aromatic ring is 1. The van der Waals surface area contributed by atoms with E-state index in [1.165, 1.54) is 7.11 Å². The molecule has 0 amide bonds. The highest BCUT2D eigenvalue weighted by Crippen LogP contribution is 2.47. The minimum absolute atomic E-state index is 0.00904. The number of hydrogen-bond acceptors (Lipinski definition) is 7. The van der Waals surface area contributed by atoms with Crippen molar-refractivity contribution in [1.29, 1.82) is 0 Å². The normalized spacial score (nSPS) is 10.7. The van der Waals surface area contributed by atoms with Gasteiger partial charge in [0.05, 0.1) is 22.2 Å². The summed E-state index contributed by atoms with van der Waals surface area (Å²) in [4.78, 5) is 14.2. The number of aromatic hydroxyl groups is 1. The molecule has 0 atom stereocenters. The van der Waals surface area contributed by atoms with Gasteiger partial charge in [-0.05, 0) is 27.7 Å². The van der Waals surface area contributed by atoms with E-state index in [4.69, 9.17) is 68.5 Å². The van der Waals surface area contributed by atoms with E-state index in [0.29, 0.717) is 5.95 Å². The first-order valence-corrected chi connectivity index (χ1v) is 9.85. The zero-order chi connectivity index (χ0) is 21.8. The van der Waals surface area contributed by atoms with E-state index in [-0.39, 0.29) is 54.9 Å². The van der Waals surface area contributed by atoms with Gasteiger partial charge in [-0.15, -0.1) is 0 Å². The molecule has 0 aliphatic carbocycles. The Labute approximate surface area is 188 Å². The summed E-state index contributed by atoms with van der Waals surface area (Å²) in [5.41, 5.74) is 5.60. The third-order valence-electron chi connectivity index (χ3n) is 3.33. The maximum Gasteiger partial charge on any atom is 0.322 e. The number of phenols is 1. The fourth-order valence-electron chi connectivity index (χ4n) is 2.22. The van der Waals surface area contributed by atoms with E-state index in [2.05, 4.69) is 47.5 Å². The van der Waals surface area contributed by atoms with Crippen molar-refractivity contribution in [3.8, 4) is 11.8 Å². The second-order valence-electron chi connectivity index (χ2n) is 5.99. The molecule has 1 aromatic heterocycles. The fraction of sp³-hybridized carbons (Fsp3) is 0.438. The summed E-state index contributed by atoms with van der Waals surface area (Å²) in [7, 11) is 1.51. The Morgan fingerprint density at radius 3 is 1.64 bits per heavy atom. The average molecular weight is 492 g/mol. The van der Waals surface area contributed by atoms with Crippen molar-refractivity contribution in [3.63, 3.8) is 0 Å². The Morgan fingerprint density at radius 2 is 1.25 bits per heavy atom. The quantitative estimate of drug-likeness (QED) is 0.415. The van der Waals surface area contributed by atoms with Gasteiger partial charge in [0.15, 0.2) is 5.75 Å². The minimum Gasteiger partial charge on any atom is -0.505 e. The number of methoxy groups -OCH3 is 1. The first-order valence-electron chi connectivity index (χ1n) is 7.96. The number of rotatable bonds is 4. The third-order valence-corrected chi connectivity index (χ3v) is 5.59. The highest BCUT2D eigenvalue weighted by Gasteiger charge is 2.19. The molecule has 0 saturated heterocycles. The monoisotopic (exact) mass is 489 g/mol. The lowest BCUT2D eigenvalue weighted by molar-refractivity contribution is 0.378. The van der Waals surface area contributed by atoms with Crippen LogP contribution in [0, 0.1) is 0 Å². The molecule has 0 fully saturated rings. The molecule has 0 radical (unpaired) electrons. The van der Waals surface area contributed by atoms with Crippen molar-refractivity contribution in [2.24, 2.45) is 0 Å². The summed E-state index contributed by atoms with van der Waals surface area (Å²) in [6.07, 6.45) is 0. The van der Waals surface area contributed by atoms with Gasteiger partial charge in [-0.25, -0.2) is 0 Å². The van der Waals surface area contributed by atoms with E-state index in [9.17, 15) is 5.11 Å². The van der Waals surface area contributed by atoms with E-state index >= 15 is 0 Å². The van der Waals surface area contributed by atoms with Crippen molar-refractivity contribution in [2.45, 2.75) is 39.8 Å². The molecular formula is C16H20Cl5N5O2. The number of aromatic nitrogens is 3. The lowest BCUT2D eigenvalue weighted by Crippen LogP contribution is -2.38. The van der Waals surface area contributed by atoms with Crippen molar-refractivity contribution >= 4 is 69.9 Å². The van der Waals surface area contributed by atoms with Gasteiger partial charge in [0.1, 0.15) is 10.0 Å². The SMILES string of the molecule is COc1nc(N)nc(N(C(C)C)C(C)C)n1.Oc1c(Cl)c(Cl)c(Cl)c(Cl)c1Cl. The molecule has 0 saturated carbocycles. The molecule has 0 spiro atoms. The number of nitrogens with two attached hydrogens (primary N) is 1. The summed E-state index contributed by atoms with van der Waals surface area (Å²) in [6, 6.07) is 0.812. The molecule has 28 heavy (non-hydrogen) atoms. The van der Waals surface area contributed by atoms with E-state index in [1.807, 2.05) is 0 Å². The molecule has 1 heterocycles. The number of ether oxygens (including phenoxy) is 1. The Hall–Kier alpha value is -1.12. The van der Waals surface area contributed by atoms with Crippen LogP contribution < -0.4 is 15.4 Å². The van der Waals surface area contributed by atoms with Gasteiger partial charge < -0.3 is 20.5 Å². The Bertz CT molecular complexity index is 723. The molecule has 0 unspecified atom stereocenters. The molecule has 0 aliphatic heterocycles. The highest BCUT2D eigenvalue weighted by molar-refractivity contribution is 6.55.